The lowest BCUT2D eigenvalue weighted by Crippen LogP contribution is -2.36. The second-order valence-electron chi connectivity index (χ2n) is 3.82. The molecule has 0 aliphatic carbocycles. The van der Waals surface area contributed by atoms with Crippen molar-refractivity contribution in [3.05, 3.63) is 29.8 Å². The van der Waals surface area contributed by atoms with Crippen LogP contribution in [0, 0.1) is 11.3 Å². The van der Waals surface area contributed by atoms with Crippen molar-refractivity contribution in [3.63, 3.8) is 0 Å². The fourth-order valence-corrected chi connectivity index (χ4v) is 3.65. The molecule has 0 amide bonds. The van der Waals surface area contributed by atoms with Gasteiger partial charge in [0.2, 0.25) is 10.0 Å². The Morgan fingerprint density at radius 2 is 2.22 bits per heavy atom. The minimum Gasteiger partial charge on any atom is -0.207 e. The van der Waals surface area contributed by atoms with E-state index in [2.05, 4.69) is 4.72 Å². The van der Waals surface area contributed by atoms with Gasteiger partial charge < -0.3 is 0 Å². The number of nitrogens with one attached hydrogen (secondary N) is 1. The van der Waals surface area contributed by atoms with Crippen LogP contribution in [0.5, 0.6) is 0 Å². The van der Waals surface area contributed by atoms with Gasteiger partial charge in [0.1, 0.15) is 0 Å². The summed E-state index contributed by atoms with van der Waals surface area (Å²) in [5.41, 5.74) is 0.343. The van der Waals surface area contributed by atoms with Crippen LogP contribution in [-0.4, -0.2) is 26.5 Å². The number of thioether (sulfide) groups is 1. The summed E-state index contributed by atoms with van der Waals surface area (Å²) in [6.45, 7) is 1.94. The molecule has 0 heterocycles. The Bertz CT molecular complexity index is 535. The van der Waals surface area contributed by atoms with Gasteiger partial charge in [-0.05, 0) is 30.9 Å². The van der Waals surface area contributed by atoms with Gasteiger partial charge >= 0.3 is 0 Å². The van der Waals surface area contributed by atoms with Gasteiger partial charge in [0.05, 0.1) is 16.5 Å². The highest BCUT2D eigenvalue weighted by atomic mass is 32.2. The lowest BCUT2D eigenvalue weighted by atomic mass is 10.2. The van der Waals surface area contributed by atoms with E-state index < -0.39 is 10.0 Å². The van der Waals surface area contributed by atoms with Crippen LogP contribution >= 0.6 is 11.8 Å². The summed E-state index contributed by atoms with van der Waals surface area (Å²) in [7, 11) is -3.54. The minimum absolute atomic E-state index is 0.0873. The van der Waals surface area contributed by atoms with Crippen molar-refractivity contribution >= 4 is 21.8 Å². The van der Waals surface area contributed by atoms with E-state index in [9.17, 15) is 8.42 Å². The lowest BCUT2D eigenvalue weighted by molar-refractivity contribution is 0.558. The van der Waals surface area contributed by atoms with Gasteiger partial charge in [-0.15, -0.1) is 0 Å². The van der Waals surface area contributed by atoms with Gasteiger partial charge in [-0.25, -0.2) is 13.1 Å². The first-order chi connectivity index (χ1) is 8.53. The van der Waals surface area contributed by atoms with Crippen LogP contribution < -0.4 is 4.72 Å². The molecule has 1 aromatic carbocycles. The van der Waals surface area contributed by atoms with Gasteiger partial charge in [-0.3, -0.25) is 0 Å². The Morgan fingerprint density at radius 1 is 1.50 bits per heavy atom. The third-order valence-corrected chi connectivity index (χ3v) is 4.71. The number of hydrogen-bond acceptors (Lipinski definition) is 4. The van der Waals surface area contributed by atoms with E-state index in [4.69, 9.17) is 5.26 Å². The molecule has 0 aliphatic rings. The van der Waals surface area contributed by atoms with Gasteiger partial charge in [-0.2, -0.15) is 17.0 Å². The average Bonchev–Trinajstić information content (AvgIpc) is 2.38. The molecular weight excluding hydrogens is 268 g/mol. The number of nitriles is 1. The van der Waals surface area contributed by atoms with Crippen LogP contribution in [0.2, 0.25) is 0 Å². The SMILES string of the molecule is CCC(CSC)NS(=O)(=O)c1cccc(C#N)c1. The number of nitrogens with zero attached hydrogens (tertiary/aromatic N) is 1. The fourth-order valence-electron chi connectivity index (χ4n) is 1.46. The molecule has 0 spiro atoms. The van der Waals surface area contributed by atoms with Crippen LogP contribution in [0.1, 0.15) is 18.9 Å². The third kappa shape index (κ3) is 4.02. The van der Waals surface area contributed by atoms with E-state index in [1.54, 1.807) is 23.9 Å². The van der Waals surface area contributed by atoms with Gasteiger partial charge in [-0.1, -0.05) is 13.0 Å². The molecule has 18 heavy (non-hydrogen) atoms. The van der Waals surface area contributed by atoms with Gasteiger partial charge in [0.15, 0.2) is 0 Å². The summed E-state index contributed by atoms with van der Waals surface area (Å²) in [6.07, 6.45) is 2.67. The molecule has 0 fully saturated rings. The Morgan fingerprint density at radius 3 is 2.78 bits per heavy atom. The van der Waals surface area contributed by atoms with Crippen molar-refractivity contribution in [2.45, 2.75) is 24.3 Å². The Labute approximate surface area is 112 Å². The smallest absolute Gasteiger partial charge is 0.207 e. The summed E-state index contributed by atoms with van der Waals surface area (Å²) < 4.78 is 26.9. The third-order valence-electron chi connectivity index (χ3n) is 2.46. The first-order valence-corrected chi connectivity index (χ1v) is 8.42. The molecule has 1 atom stereocenters. The largest absolute Gasteiger partial charge is 0.240 e. The second-order valence-corrected chi connectivity index (χ2v) is 6.45. The maximum Gasteiger partial charge on any atom is 0.240 e. The maximum absolute atomic E-state index is 12.1. The molecule has 0 saturated heterocycles. The van der Waals surface area contributed by atoms with E-state index in [-0.39, 0.29) is 10.9 Å². The monoisotopic (exact) mass is 284 g/mol. The van der Waals surface area contributed by atoms with E-state index in [0.29, 0.717) is 5.56 Å². The number of hydrogen-bond donors (Lipinski definition) is 1. The molecule has 0 radical (unpaired) electrons. The summed E-state index contributed by atoms with van der Waals surface area (Å²) >= 11 is 1.60. The minimum atomic E-state index is -3.54. The summed E-state index contributed by atoms with van der Waals surface area (Å²) in [6, 6.07) is 7.88. The lowest BCUT2D eigenvalue weighted by Gasteiger charge is -2.15. The molecule has 6 heteroatoms. The molecule has 0 bridgehead atoms. The van der Waals surface area contributed by atoms with E-state index in [1.165, 1.54) is 12.1 Å². The molecule has 1 unspecified atom stereocenters. The average molecular weight is 284 g/mol. The first kappa shape index (κ1) is 15.0. The van der Waals surface area contributed by atoms with Crippen LogP contribution in [0.3, 0.4) is 0 Å². The zero-order valence-electron chi connectivity index (χ0n) is 10.4. The molecule has 4 nitrogen and oxygen atoms in total. The topological polar surface area (TPSA) is 70.0 Å². The summed E-state index contributed by atoms with van der Waals surface area (Å²) in [5, 5.41) is 8.77. The number of sulfonamides is 1. The molecule has 0 aliphatic heterocycles. The normalized spacial score (nSPS) is 12.9. The molecule has 1 N–H and O–H groups in total. The Balaban J connectivity index is 2.95. The van der Waals surface area contributed by atoms with Crippen molar-refractivity contribution in [3.8, 4) is 6.07 Å². The van der Waals surface area contributed by atoms with E-state index in [1.807, 2.05) is 19.2 Å². The highest BCUT2D eigenvalue weighted by molar-refractivity contribution is 7.98. The van der Waals surface area contributed by atoms with E-state index >= 15 is 0 Å². The highest BCUT2D eigenvalue weighted by Gasteiger charge is 2.18. The quantitative estimate of drug-likeness (QED) is 0.867. The fraction of sp³-hybridized carbons (Fsp3) is 0.417. The first-order valence-electron chi connectivity index (χ1n) is 5.55. The van der Waals surface area contributed by atoms with Gasteiger partial charge in [0, 0.05) is 11.8 Å². The Hall–Kier alpha value is -1.03. The van der Waals surface area contributed by atoms with Crippen LogP contribution in [0.25, 0.3) is 0 Å². The molecule has 98 valence electrons. The standard InChI is InChI=1S/C12H16N2O2S2/c1-3-11(9-17-2)14-18(15,16)12-6-4-5-10(7-12)8-13/h4-7,11,14H,3,9H2,1-2H3. The summed E-state index contributed by atoms with van der Waals surface area (Å²) in [4.78, 5) is 0.140. The van der Waals surface area contributed by atoms with Crippen molar-refractivity contribution in [1.29, 1.82) is 5.26 Å². The van der Waals surface area contributed by atoms with Gasteiger partial charge in [0.25, 0.3) is 0 Å². The molecular formula is C12H16N2O2S2. The molecule has 0 saturated carbocycles. The second kappa shape index (κ2) is 6.78. The van der Waals surface area contributed by atoms with Crippen molar-refractivity contribution in [1.82, 2.24) is 4.72 Å². The summed E-state index contributed by atoms with van der Waals surface area (Å²) in [5.74, 6) is 0.730. The van der Waals surface area contributed by atoms with Crippen LogP contribution in [-0.2, 0) is 10.0 Å². The highest BCUT2D eigenvalue weighted by Crippen LogP contribution is 2.13. The van der Waals surface area contributed by atoms with Crippen LogP contribution in [0.4, 0.5) is 0 Å². The van der Waals surface area contributed by atoms with Crippen molar-refractivity contribution < 1.29 is 8.42 Å². The predicted octanol–water partition coefficient (Wildman–Crippen LogP) is 1.98. The molecule has 0 aromatic heterocycles. The van der Waals surface area contributed by atoms with Crippen molar-refractivity contribution in [2.75, 3.05) is 12.0 Å². The zero-order chi connectivity index (χ0) is 13.6. The predicted molar refractivity (Wildman–Crippen MR) is 73.9 cm³/mol. The maximum atomic E-state index is 12.1. The van der Waals surface area contributed by atoms with E-state index in [0.717, 1.165) is 12.2 Å². The van der Waals surface area contributed by atoms with Crippen molar-refractivity contribution in [2.24, 2.45) is 0 Å². The number of rotatable bonds is 6. The Kier molecular flexibility index (Phi) is 5.66. The van der Waals surface area contributed by atoms with Crippen LogP contribution in [0.15, 0.2) is 29.2 Å². The zero-order valence-corrected chi connectivity index (χ0v) is 12.0. The number of benzene rings is 1. The molecule has 1 aromatic rings. The molecule has 1 rings (SSSR count).